The van der Waals surface area contributed by atoms with Crippen molar-refractivity contribution in [3.63, 3.8) is 0 Å². The Kier molecular flexibility index (Phi) is 6.72. The van der Waals surface area contributed by atoms with Crippen LogP contribution in [0.1, 0.15) is 88.4 Å². The highest BCUT2D eigenvalue weighted by Gasteiger charge is 2.33. The number of nitrogens with zero attached hydrogens (tertiary/aromatic N) is 5. The van der Waals surface area contributed by atoms with E-state index in [1.165, 1.54) is 0 Å². The quantitative estimate of drug-likeness (QED) is 0.535. The van der Waals surface area contributed by atoms with Crippen LogP contribution in [-0.2, 0) is 16.8 Å². The third-order valence-electron chi connectivity index (χ3n) is 6.07. The Labute approximate surface area is 200 Å². The van der Waals surface area contributed by atoms with E-state index in [1.807, 2.05) is 23.7 Å². The Hall–Kier alpha value is -3.23. The third-order valence-corrected chi connectivity index (χ3v) is 6.07. The molecule has 3 heterocycles. The summed E-state index contributed by atoms with van der Waals surface area (Å²) in [5, 5.41) is 19.7. The van der Waals surface area contributed by atoms with Crippen molar-refractivity contribution < 1.29 is 14.1 Å². The lowest BCUT2D eigenvalue weighted by molar-refractivity contribution is -0.115. The van der Waals surface area contributed by atoms with Gasteiger partial charge in [-0.15, -0.1) is 5.10 Å². The lowest BCUT2D eigenvalue weighted by atomic mass is 10.0. The molecule has 0 bridgehead atoms. The molecule has 0 saturated heterocycles. The molecular formula is C25H34N6O3. The van der Waals surface area contributed by atoms with Gasteiger partial charge in [-0.1, -0.05) is 19.0 Å². The first kappa shape index (κ1) is 23.9. The molecule has 1 saturated carbocycles. The zero-order valence-corrected chi connectivity index (χ0v) is 20.8. The van der Waals surface area contributed by atoms with Crippen molar-refractivity contribution in [3.05, 3.63) is 47.1 Å². The molecule has 2 atom stereocenters. The van der Waals surface area contributed by atoms with E-state index in [2.05, 4.69) is 55.3 Å². The monoisotopic (exact) mass is 466 g/mol. The van der Waals surface area contributed by atoms with Crippen molar-refractivity contribution in [1.82, 2.24) is 25.1 Å². The van der Waals surface area contributed by atoms with Crippen molar-refractivity contribution in [2.45, 2.75) is 90.7 Å². The van der Waals surface area contributed by atoms with Crippen molar-refractivity contribution >= 4 is 11.7 Å². The van der Waals surface area contributed by atoms with Crippen molar-refractivity contribution in [3.8, 4) is 5.88 Å². The van der Waals surface area contributed by atoms with Gasteiger partial charge >= 0.3 is 0 Å². The highest BCUT2D eigenvalue weighted by molar-refractivity contribution is 5.91. The van der Waals surface area contributed by atoms with E-state index >= 15 is 0 Å². The molecule has 1 fully saturated rings. The van der Waals surface area contributed by atoms with Crippen LogP contribution in [-0.4, -0.2) is 37.1 Å². The summed E-state index contributed by atoms with van der Waals surface area (Å²) >= 11 is 0. The zero-order valence-electron chi connectivity index (χ0n) is 20.8. The summed E-state index contributed by atoms with van der Waals surface area (Å²) < 4.78 is 13.5. The minimum atomic E-state index is -0.227. The minimum absolute atomic E-state index is 0.0650. The molecule has 0 spiro atoms. The highest BCUT2D eigenvalue weighted by Crippen LogP contribution is 2.39. The first-order valence-electron chi connectivity index (χ1n) is 11.9. The van der Waals surface area contributed by atoms with Crippen LogP contribution in [0.25, 0.3) is 0 Å². The van der Waals surface area contributed by atoms with Crippen LogP contribution >= 0.6 is 0 Å². The standard InChI is InChI=1S/C25H34N6O3/c1-15(2)20-9-10-26-28-24(20)33-18-8-7-17(12-18)21-14-22(29-31(21)25(4,5)6)27-23(32)13-19-11-16(3)30-34-19/h9-11,14-15,17-18H,7-8,12-13H2,1-6H3,(H,27,29,32)/t17-,18+/m0/s1. The Morgan fingerprint density at radius 3 is 2.76 bits per heavy atom. The number of carbonyl (C=O) groups is 1. The first-order chi connectivity index (χ1) is 16.1. The fourth-order valence-electron chi connectivity index (χ4n) is 4.46. The second-order valence-corrected chi connectivity index (χ2v) is 10.4. The number of hydrogen-bond donors (Lipinski definition) is 1. The van der Waals surface area contributed by atoms with Gasteiger partial charge in [0.2, 0.25) is 11.8 Å². The Bertz CT molecular complexity index is 1140. The predicted octanol–water partition coefficient (Wildman–Crippen LogP) is 4.74. The number of rotatable bonds is 7. The molecule has 3 aromatic rings. The Morgan fingerprint density at radius 1 is 1.29 bits per heavy atom. The number of aromatic nitrogens is 5. The van der Waals surface area contributed by atoms with E-state index in [0.717, 1.165) is 36.2 Å². The summed E-state index contributed by atoms with van der Waals surface area (Å²) in [6.45, 7) is 12.4. The topological polar surface area (TPSA) is 108 Å². The number of aryl methyl sites for hydroxylation is 1. The van der Waals surface area contributed by atoms with Crippen molar-refractivity contribution in [2.24, 2.45) is 0 Å². The number of amides is 1. The Balaban J connectivity index is 1.48. The molecule has 0 aliphatic heterocycles. The van der Waals surface area contributed by atoms with E-state index in [1.54, 1.807) is 12.3 Å². The van der Waals surface area contributed by atoms with Gasteiger partial charge in [0.25, 0.3) is 0 Å². The van der Waals surface area contributed by atoms with Crippen LogP contribution in [0.5, 0.6) is 5.88 Å². The van der Waals surface area contributed by atoms with Gasteiger partial charge < -0.3 is 14.6 Å². The zero-order chi connectivity index (χ0) is 24.5. The van der Waals surface area contributed by atoms with Gasteiger partial charge in [-0.2, -0.15) is 10.2 Å². The summed E-state index contributed by atoms with van der Waals surface area (Å²) in [6, 6.07) is 5.73. The maximum absolute atomic E-state index is 12.5. The van der Waals surface area contributed by atoms with Gasteiger partial charge in [0.1, 0.15) is 11.9 Å². The fraction of sp³-hybridized carbons (Fsp3) is 0.560. The van der Waals surface area contributed by atoms with Gasteiger partial charge in [-0.05, 0) is 58.9 Å². The third kappa shape index (κ3) is 5.46. The summed E-state index contributed by atoms with van der Waals surface area (Å²) in [6.07, 6.45) is 4.67. The lowest BCUT2D eigenvalue weighted by Gasteiger charge is -2.25. The van der Waals surface area contributed by atoms with Gasteiger partial charge in [0.05, 0.1) is 23.9 Å². The highest BCUT2D eigenvalue weighted by atomic mass is 16.5. The molecule has 1 amide bonds. The number of ether oxygens (including phenoxy) is 1. The summed E-state index contributed by atoms with van der Waals surface area (Å²) in [5.41, 5.74) is 2.70. The second kappa shape index (κ2) is 9.56. The van der Waals surface area contributed by atoms with Crippen molar-refractivity contribution in [2.75, 3.05) is 5.32 Å². The van der Waals surface area contributed by atoms with E-state index in [9.17, 15) is 4.79 Å². The lowest BCUT2D eigenvalue weighted by Crippen LogP contribution is -2.26. The molecule has 4 rings (SSSR count). The second-order valence-electron chi connectivity index (χ2n) is 10.4. The summed E-state index contributed by atoms with van der Waals surface area (Å²) in [5.74, 6) is 2.12. The average Bonchev–Trinajstić information content (AvgIpc) is 3.48. The SMILES string of the molecule is Cc1cc(CC(=O)Nc2cc([C@H]3CC[C@@H](Oc4nnccc4C(C)C)C3)n(C(C)(C)C)n2)on1. The molecule has 9 nitrogen and oxygen atoms in total. The molecule has 182 valence electrons. The smallest absolute Gasteiger partial charge is 0.237 e. The molecule has 0 unspecified atom stereocenters. The van der Waals surface area contributed by atoms with Crippen LogP contribution in [0.2, 0.25) is 0 Å². The molecule has 34 heavy (non-hydrogen) atoms. The Morgan fingerprint density at radius 2 is 2.09 bits per heavy atom. The van der Waals surface area contributed by atoms with Gasteiger partial charge in [0, 0.05) is 29.3 Å². The van der Waals surface area contributed by atoms with Gasteiger partial charge in [-0.3, -0.25) is 9.48 Å². The van der Waals surface area contributed by atoms with E-state index in [0.29, 0.717) is 23.4 Å². The van der Waals surface area contributed by atoms with Gasteiger partial charge in [-0.25, -0.2) is 0 Å². The van der Waals surface area contributed by atoms with E-state index in [4.69, 9.17) is 14.4 Å². The molecule has 3 aromatic heterocycles. The summed E-state index contributed by atoms with van der Waals surface area (Å²) in [4.78, 5) is 12.5. The van der Waals surface area contributed by atoms with Crippen LogP contribution in [0, 0.1) is 6.92 Å². The predicted molar refractivity (Wildman–Crippen MR) is 128 cm³/mol. The van der Waals surface area contributed by atoms with Crippen LogP contribution in [0.3, 0.4) is 0 Å². The number of hydrogen-bond acceptors (Lipinski definition) is 7. The normalized spacial score (nSPS) is 18.4. The van der Waals surface area contributed by atoms with Crippen LogP contribution < -0.4 is 10.1 Å². The van der Waals surface area contributed by atoms with Crippen LogP contribution in [0.15, 0.2) is 28.9 Å². The number of nitrogens with one attached hydrogen (secondary N) is 1. The van der Waals surface area contributed by atoms with Crippen molar-refractivity contribution in [1.29, 1.82) is 0 Å². The number of carbonyl (C=O) groups excluding carboxylic acids is 1. The minimum Gasteiger partial charge on any atom is -0.473 e. The first-order valence-corrected chi connectivity index (χ1v) is 11.9. The molecular weight excluding hydrogens is 432 g/mol. The maximum Gasteiger partial charge on any atom is 0.237 e. The fourth-order valence-corrected chi connectivity index (χ4v) is 4.46. The molecule has 1 aliphatic rings. The molecule has 1 N–H and O–H groups in total. The average molecular weight is 467 g/mol. The van der Waals surface area contributed by atoms with E-state index < -0.39 is 0 Å². The van der Waals surface area contributed by atoms with Gasteiger partial charge in [0.15, 0.2) is 5.82 Å². The molecule has 0 aromatic carbocycles. The van der Waals surface area contributed by atoms with Crippen LogP contribution in [0.4, 0.5) is 5.82 Å². The maximum atomic E-state index is 12.5. The molecule has 0 radical (unpaired) electrons. The largest absolute Gasteiger partial charge is 0.473 e. The molecule has 9 heteroatoms. The molecule has 1 aliphatic carbocycles. The summed E-state index contributed by atoms with van der Waals surface area (Å²) in [7, 11) is 0. The number of anilines is 1. The van der Waals surface area contributed by atoms with E-state index in [-0.39, 0.29) is 29.9 Å².